The molecule has 158 valence electrons. The number of halogens is 1. The van der Waals surface area contributed by atoms with E-state index in [9.17, 15) is 8.42 Å². The minimum absolute atomic E-state index is 0.395. The molecule has 0 atom stereocenters. The summed E-state index contributed by atoms with van der Waals surface area (Å²) in [6.07, 6.45) is 1.86. The Hall–Kier alpha value is -0.970. The number of hydrogen-bond acceptors (Lipinski definition) is 4. The Balaban J connectivity index is 1.97. The third-order valence-corrected chi connectivity index (χ3v) is 10.1. The van der Waals surface area contributed by atoms with Gasteiger partial charge < -0.3 is 9.30 Å². The SMILES string of the molecule is C=C(Cn1c(C)c(I)c(Sc2ccccc2S(=O)(=O)N2CCCC2)c1C)OCC. The molecule has 1 fully saturated rings. The fourth-order valence-electron chi connectivity index (χ4n) is 3.52. The van der Waals surface area contributed by atoms with Gasteiger partial charge >= 0.3 is 0 Å². The summed E-state index contributed by atoms with van der Waals surface area (Å²) < 4.78 is 36.8. The number of benzene rings is 1. The zero-order valence-corrected chi connectivity index (χ0v) is 20.9. The fraction of sp³-hybridized carbons (Fsp3) is 0.429. The van der Waals surface area contributed by atoms with Crippen molar-refractivity contribution in [2.24, 2.45) is 0 Å². The molecular weight excluding hydrogens is 519 g/mol. The van der Waals surface area contributed by atoms with E-state index in [0.29, 0.717) is 31.1 Å². The van der Waals surface area contributed by atoms with Gasteiger partial charge in [-0.05, 0) is 68.3 Å². The Morgan fingerprint density at radius 2 is 1.86 bits per heavy atom. The van der Waals surface area contributed by atoms with Gasteiger partial charge in [0.1, 0.15) is 5.76 Å². The van der Waals surface area contributed by atoms with E-state index in [-0.39, 0.29) is 0 Å². The highest BCUT2D eigenvalue weighted by atomic mass is 127. The number of rotatable bonds is 8. The first kappa shape index (κ1) is 22.7. The first-order chi connectivity index (χ1) is 13.8. The summed E-state index contributed by atoms with van der Waals surface area (Å²) >= 11 is 3.87. The van der Waals surface area contributed by atoms with Crippen LogP contribution in [0.5, 0.6) is 0 Å². The molecule has 8 heteroatoms. The van der Waals surface area contributed by atoms with Gasteiger partial charge in [0.25, 0.3) is 0 Å². The maximum absolute atomic E-state index is 13.2. The summed E-state index contributed by atoms with van der Waals surface area (Å²) in [6.45, 7) is 12.5. The highest BCUT2D eigenvalue weighted by Crippen LogP contribution is 2.40. The summed E-state index contributed by atoms with van der Waals surface area (Å²) in [5, 5.41) is 0. The van der Waals surface area contributed by atoms with E-state index in [4.69, 9.17) is 4.74 Å². The molecule has 0 spiro atoms. The van der Waals surface area contributed by atoms with E-state index >= 15 is 0 Å². The van der Waals surface area contributed by atoms with Crippen LogP contribution in [0.4, 0.5) is 0 Å². The number of hydrogen-bond donors (Lipinski definition) is 0. The topological polar surface area (TPSA) is 51.5 Å². The number of aromatic nitrogens is 1. The highest BCUT2D eigenvalue weighted by molar-refractivity contribution is 14.1. The lowest BCUT2D eigenvalue weighted by molar-refractivity contribution is 0.214. The average Bonchev–Trinajstić information content (AvgIpc) is 3.30. The van der Waals surface area contributed by atoms with Gasteiger partial charge in [-0.15, -0.1) is 0 Å². The summed E-state index contributed by atoms with van der Waals surface area (Å²) in [5.41, 5.74) is 2.22. The number of allylic oxidation sites excluding steroid dienone is 1. The van der Waals surface area contributed by atoms with Crippen molar-refractivity contribution in [3.8, 4) is 0 Å². The van der Waals surface area contributed by atoms with Crippen molar-refractivity contribution in [3.05, 3.63) is 51.6 Å². The molecule has 0 amide bonds. The summed E-state index contributed by atoms with van der Waals surface area (Å²) in [6, 6.07) is 7.32. The Bertz CT molecular complexity index is 1010. The minimum Gasteiger partial charge on any atom is -0.497 e. The second-order valence-electron chi connectivity index (χ2n) is 7.03. The van der Waals surface area contributed by atoms with Gasteiger partial charge in [0.05, 0.1) is 18.0 Å². The molecule has 0 aliphatic carbocycles. The van der Waals surface area contributed by atoms with Crippen LogP contribution in [-0.4, -0.2) is 37.0 Å². The van der Waals surface area contributed by atoms with Crippen molar-refractivity contribution in [1.29, 1.82) is 0 Å². The lowest BCUT2D eigenvalue weighted by Crippen LogP contribution is -2.28. The highest BCUT2D eigenvalue weighted by Gasteiger charge is 2.30. The van der Waals surface area contributed by atoms with Crippen LogP contribution in [0, 0.1) is 17.4 Å². The standard InChI is InChI=1S/C21H27IN2O3S2/c1-5-27-15(2)14-24-16(3)20(22)21(17(24)4)28-18-10-6-7-11-19(18)29(25,26)23-12-8-9-13-23/h6-7,10-11H,2,5,8-9,12-14H2,1,3-4H3. The number of nitrogens with zero attached hydrogens (tertiary/aromatic N) is 2. The molecule has 2 aromatic rings. The van der Waals surface area contributed by atoms with Crippen LogP contribution in [0.2, 0.25) is 0 Å². The van der Waals surface area contributed by atoms with Crippen molar-refractivity contribution < 1.29 is 13.2 Å². The van der Waals surface area contributed by atoms with Gasteiger partial charge in [-0.1, -0.05) is 30.5 Å². The third-order valence-electron chi connectivity index (χ3n) is 5.08. The smallest absolute Gasteiger partial charge is 0.244 e. The molecule has 1 aromatic heterocycles. The lowest BCUT2D eigenvalue weighted by Gasteiger charge is -2.18. The molecule has 1 aliphatic rings. The molecule has 3 rings (SSSR count). The Morgan fingerprint density at radius 1 is 1.21 bits per heavy atom. The van der Waals surface area contributed by atoms with Crippen molar-refractivity contribution in [1.82, 2.24) is 8.87 Å². The molecule has 0 unspecified atom stereocenters. The van der Waals surface area contributed by atoms with Gasteiger partial charge in [0.2, 0.25) is 10.0 Å². The van der Waals surface area contributed by atoms with E-state index in [0.717, 1.165) is 43.3 Å². The van der Waals surface area contributed by atoms with Crippen LogP contribution < -0.4 is 0 Å². The average molecular weight is 546 g/mol. The van der Waals surface area contributed by atoms with Gasteiger partial charge in [-0.2, -0.15) is 4.31 Å². The molecule has 0 radical (unpaired) electrons. The van der Waals surface area contributed by atoms with Gasteiger partial charge in [0.15, 0.2) is 0 Å². The van der Waals surface area contributed by atoms with Crippen LogP contribution in [0.25, 0.3) is 0 Å². The second kappa shape index (κ2) is 9.45. The van der Waals surface area contributed by atoms with Crippen molar-refractivity contribution in [3.63, 3.8) is 0 Å². The van der Waals surface area contributed by atoms with Crippen molar-refractivity contribution in [2.75, 3.05) is 19.7 Å². The van der Waals surface area contributed by atoms with Crippen LogP contribution in [0.3, 0.4) is 0 Å². The zero-order chi connectivity index (χ0) is 21.2. The first-order valence-electron chi connectivity index (χ1n) is 9.70. The lowest BCUT2D eigenvalue weighted by atomic mass is 10.4. The van der Waals surface area contributed by atoms with Crippen LogP contribution in [0.15, 0.2) is 51.3 Å². The molecule has 2 heterocycles. The zero-order valence-electron chi connectivity index (χ0n) is 17.1. The van der Waals surface area contributed by atoms with E-state index in [1.807, 2.05) is 19.1 Å². The van der Waals surface area contributed by atoms with E-state index in [2.05, 4.69) is 47.6 Å². The molecule has 1 saturated heterocycles. The Labute approximate surface area is 191 Å². The molecule has 29 heavy (non-hydrogen) atoms. The van der Waals surface area contributed by atoms with E-state index in [1.165, 1.54) is 11.8 Å². The summed E-state index contributed by atoms with van der Waals surface area (Å²) in [4.78, 5) is 2.24. The third kappa shape index (κ3) is 4.70. The van der Waals surface area contributed by atoms with Gasteiger partial charge in [-0.25, -0.2) is 8.42 Å². The van der Waals surface area contributed by atoms with Crippen molar-refractivity contribution in [2.45, 2.75) is 54.8 Å². The summed E-state index contributed by atoms with van der Waals surface area (Å²) in [5.74, 6) is 0.721. The predicted octanol–water partition coefficient (Wildman–Crippen LogP) is 5.20. The number of ether oxygens (including phenoxy) is 1. The largest absolute Gasteiger partial charge is 0.497 e. The second-order valence-corrected chi connectivity index (χ2v) is 11.1. The molecule has 0 saturated carbocycles. The summed E-state index contributed by atoms with van der Waals surface area (Å²) in [7, 11) is -3.48. The van der Waals surface area contributed by atoms with Gasteiger partial charge in [0, 0.05) is 37.8 Å². The van der Waals surface area contributed by atoms with Crippen LogP contribution in [-0.2, 0) is 21.3 Å². The maximum Gasteiger partial charge on any atom is 0.244 e. The van der Waals surface area contributed by atoms with E-state index < -0.39 is 10.0 Å². The molecule has 1 aliphatic heterocycles. The Kier molecular flexibility index (Phi) is 7.40. The predicted molar refractivity (Wildman–Crippen MR) is 126 cm³/mol. The molecule has 0 bridgehead atoms. The first-order valence-corrected chi connectivity index (χ1v) is 13.0. The molecule has 0 N–H and O–H groups in total. The van der Waals surface area contributed by atoms with Crippen molar-refractivity contribution >= 4 is 44.4 Å². The minimum atomic E-state index is -3.48. The molecule has 1 aromatic carbocycles. The fourth-order valence-corrected chi connectivity index (χ4v) is 7.60. The Morgan fingerprint density at radius 3 is 2.52 bits per heavy atom. The monoisotopic (exact) mass is 546 g/mol. The van der Waals surface area contributed by atoms with Crippen LogP contribution in [0.1, 0.15) is 31.2 Å². The van der Waals surface area contributed by atoms with Gasteiger partial charge in [-0.3, -0.25) is 0 Å². The quantitative estimate of drug-likeness (QED) is 0.338. The van der Waals surface area contributed by atoms with E-state index in [1.54, 1.807) is 16.4 Å². The number of sulfonamides is 1. The normalized spacial score (nSPS) is 15.0. The maximum atomic E-state index is 13.2. The molecular formula is C21H27IN2O3S2. The molecule has 5 nitrogen and oxygen atoms in total. The van der Waals surface area contributed by atoms with Crippen LogP contribution >= 0.6 is 34.4 Å².